The van der Waals surface area contributed by atoms with E-state index >= 15 is 0 Å². The van der Waals surface area contributed by atoms with Crippen LogP contribution in [0.4, 0.5) is 11.4 Å². The number of hydrogen-bond acceptors (Lipinski definition) is 6. The van der Waals surface area contributed by atoms with E-state index in [-0.39, 0.29) is 24.9 Å². The minimum absolute atomic E-state index is 0.119. The second kappa shape index (κ2) is 9.74. The average molecular weight is 400 g/mol. The van der Waals surface area contributed by atoms with Gasteiger partial charge >= 0.3 is 0 Å². The maximum atomic E-state index is 12.2. The molecule has 1 saturated heterocycles. The number of anilines is 2. The molecule has 1 aliphatic rings. The van der Waals surface area contributed by atoms with E-state index in [0.717, 1.165) is 18.8 Å². The van der Waals surface area contributed by atoms with Gasteiger partial charge in [0.05, 0.1) is 38.1 Å². The molecule has 0 radical (unpaired) electrons. The average Bonchev–Trinajstić information content (AvgIpc) is 3.28. The van der Waals surface area contributed by atoms with Crippen LogP contribution in [-0.2, 0) is 14.3 Å². The smallest absolute Gasteiger partial charge is 0.254 e. The van der Waals surface area contributed by atoms with Crippen molar-refractivity contribution < 1.29 is 23.5 Å². The van der Waals surface area contributed by atoms with Gasteiger partial charge in [-0.15, -0.1) is 0 Å². The molecule has 1 fully saturated rings. The highest BCUT2D eigenvalue weighted by Gasteiger charge is 2.16. The summed E-state index contributed by atoms with van der Waals surface area (Å²) in [6.07, 6.45) is 2.67. The Morgan fingerprint density at radius 2 is 1.83 bits per heavy atom. The number of hydrogen-bond donors (Lipinski definition) is 2. The lowest BCUT2D eigenvalue weighted by atomic mass is 10.2. The summed E-state index contributed by atoms with van der Waals surface area (Å²) in [6, 6.07) is 9.05. The van der Waals surface area contributed by atoms with Gasteiger partial charge in [0.25, 0.3) is 5.91 Å². The second-order valence-corrected chi connectivity index (χ2v) is 6.64. The van der Waals surface area contributed by atoms with E-state index in [1.165, 1.54) is 30.5 Å². The summed E-state index contributed by atoms with van der Waals surface area (Å²) >= 11 is 0. The van der Waals surface area contributed by atoms with Crippen molar-refractivity contribution in [3.05, 3.63) is 48.4 Å². The molecule has 0 spiro atoms. The van der Waals surface area contributed by atoms with Gasteiger partial charge in [-0.2, -0.15) is 0 Å². The fourth-order valence-corrected chi connectivity index (χ4v) is 2.87. The van der Waals surface area contributed by atoms with Crippen molar-refractivity contribution in [3.63, 3.8) is 0 Å². The Morgan fingerprint density at radius 1 is 1.10 bits per heavy atom. The number of furan rings is 1. The normalized spacial score (nSPS) is 13.6. The number of nitrogens with zero attached hydrogens (tertiary/aromatic N) is 2. The molecule has 1 aromatic carbocycles. The molecule has 1 aliphatic heterocycles. The second-order valence-electron chi connectivity index (χ2n) is 6.64. The number of carbonyl (C=O) groups is 3. The van der Waals surface area contributed by atoms with E-state index in [1.807, 2.05) is 24.3 Å². The zero-order chi connectivity index (χ0) is 20.6. The number of rotatable bonds is 7. The molecule has 2 N–H and O–H groups in total. The number of likely N-dealkylation sites (N-methyl/N-ethyl adjacent to an activating group) is 1. The number of morpholine rings is 1. The van der Waals surface area contributed by atoms with Gasteiger partial charge in [-0.05, 0) is 30.3 Å². The molecule has 154 valence electrons. The zero-order valence-electron chi connectivity index (χ0n) is 16.2. The summed E-state index contributed by atoms with van der Waals surface area (Å²) in [4.78, 5) is 39.6. The van der Waals surface area contributed by atoms with Crippen LogP contribution in [0.1, 0.15) is 10.4 Å². The lowest BCUT2D eigenvalue weighted by Gasteiger charge is -2.28. The molecule has 0 atom stereocenters. The van der Waals surface area contributed by atoms with Crippen molar-refractivity contribution in [1.82, 2.24) is 10.2 Å². The molecular formula is C20H24N4O5. The molecule has 29 heavy (non-hydrogen) atoms. The molecule has 1 aromatic heterocycles. The van der Waals surface area contributed by atoms with Crippen LogP contribution in [0.25, 0.3) is 0 Å². The van der Waals surface area contributed by atoms with Crippen molar-refractivity contribution in [2.45, 2.75) is 0 Å². The standard InChI is InChI=1S/C20H24N4O5/c1-23(19(26)12-21-20(27)15-6-9-29-14-15)13-18(25)22-16-2-4-17(5-3-16)24-7-10-28-11-8-24/h2-6,9,14H,7-8,10-13H2,1H3,(H,21,27)(H,22,25). The van der Waals surface area contributed by atoms with Crippen molar-refractivity contribution in [1.29, 1.82) is 0 Å². The van der Waals surface area contributed by atoms with E-state index in [4.69, 9.17) is 9.15 Å². The first-order chi connectivity index (χ1) is 14.0. The summed E-state index contributed by atoms with van der Waals surface area (Å²) < 4.78 is 10.2. The quantitative estimate of drug-likeness (QED) is 0.717. The minimum atomic E-state index is -0.412. The highest BCUT2D eigenvalue weighted by Crippen LogP contribution is 2.19. The molecule has 9 heteroatoms. The summed E-state index contributed by atoms with van der Waals surface area (Å²) in [6.45, 7) is 2.78. The van der Waals surface area contributed by atoms with E-state index in [1.54, 1.807) is 0 Å². The molecule has 2 aromatic rings. The lowest BCUT2D eigenvalue weighted by Crippen LogP contribution is -2.41. The Hall–Kier alpha value is -3.33. The van der Waals surface area contributed by atoms with Crippen molar-refractivity contribution in [2.75, 3.05) is 56.7 Å². The zero-order valence-corrected chi connectivity index (χ0v) is 16.2. The summed E-state index contributed by atoms with van der Waals surface area (Å²) in [5, 5.41) is 5.26. The predicted octanol–water partition coefficient (Wildman–Crippen LogP) is 0.943. The van der Waals surface area contributed by atoms with Crippen LogP contribution >= 0.6 is 0 Å². The van der Waals surface area contributed by atoms with Crippen molar-refractivity contribution in [3.8, 4) is 0 Å². The van der Waals surface area contributed by atoms with Crippen LogP contribution in [0.3, 0.4) is 0 Å². The molecule has 3 amide bonds. The van der Waals surface area contributed by atoms with Crippen LogP contribution in [0, 0.1) is 0 Å². The molecular weight excluding hydrogens is 376 g/mol. The number of benzene rings is 1. The van der Waals surface area contributed by atoms with Gasteiger partial charge in [-0.3, -0.25) is 14.4 Å². The highest BCUT2D eigenvalue weighted by molar-refractivity contribution is 5.97. The third kappa shape index (κ3) is 5.82. The Morgan fingerprint density at radius 3 is 2.48 bits per heavy atom. The highest BCUT2D eigenvalue weighted by atomic mass is 16.5. The molecule has 0 unspecified atom stereocenters. The predicted molar refractivity (Wildman–Crippen MR) is 107 cm³/mol. The minimum Gasteiger partial charge on any atom is -0.472 e. The largest absolute Gasteiger partial charge is 0.472 e. The van der Waals surface area contributed by atoms with Gasteiger partial charge in [0.2, 0.25) is 11.8 Å². The molecule has 3 rings (SSSR count). The lowest BCUT2D eigenvalue weighted by molar-refractivity contribution is -0.132. The maximum Gasteiger partial charge on any atom is 0.254 e. The van der Waals surface area contributed by atoms with Crippen LogP contribution in [0.15, 0.2) is 47.3 Å². The van der Waals surface area contributed by atoms with Crippen LogP contribution in [0.5, 0.6) is 0 Å². The number of nitrogens with one attached hydrogen (secondary N) is 2. The Kier molecular flexibility index (Phi) is 6.85. The van der Waals surface area contributed by atoms with Crippen LogP contribution < -0.4 is 15.5 Å². The van der Waals surface area contributed by atoms with Gasteiger partial charge in [0, 0.05) is 31.5 Å². The first kappa shape index (κ1) is 20.4. The van der Waals surface area contributed by atoms with E-state index < -0.39 is 5.91 Å². The first-order valence-corrected chi connectivity index (χ1v) is 9.30. The monoisotopic (exact) mass is 400 g/mol. The van der Waals surface area contributed by atoms with E-state index in [0.29, 0.717) is 24.5 Å². The number of carbonyl (C=O) groups excluding carboxylic acids is 3. The summed E-state index contributed by atoms with van der Waals surface area (Å²) in [7, 11) is 1.51. The van der Waals surface area contributed by atoms with E-state index in [9.17, 15) is 14.4 Å². The van der Waals surface area contributed by atoms with Crippen LogP contribution in [-0.4, -0.2) is 69.1 Å². The topological polar surface area (TPSA) is 104 Å². The molecule has 9 nitrogen and oxygen atoms in total. The third-order valence-corrected chi connectivity index (χ3v) is 4.52. The summed E-state index contributed by atoms with van der Waals surface area (Å²) in [5.74, 6) is -1.11. The van der Waals surface area contributed by atoms with Crippen molar-refractivity contribution in [2.24, 2.45) is 0 Å². The van der Waals surface area contributed by atoms with Gasteiger partial charge in [0.1, 0.15) is 6.26 Å². The molecule has 0 bridgehead atoms. The van der Waals surface area contributed by atoms with Crippen LogP contribution in [0.2, 0.25) is 0 Å². The fourth-order valence-electron chi connectivity index (χ4n) is 2.87. The van der Waals surface area contributed by atoms with Gasteiger partial charge in [-0.25, -0.2) is 0 Å². The molecule has 0 aliphatic carbocycles. The number of ether oxygens (including phenoxy) is 1. The Labute approximate surface area is 168 Å². The Balaban J connectivity index is 1.43. The fraction of sp³-hybridized carbons (Fsp3) is 0.350. The van der Waals surface area contributed by atoms with Gasteiger partial charge in [0.15, 0.2) is 0 Å². The van der Waals surface area contributed by atoms with Gasteiger partial charge < -0.3 is 29.6 Å². The van der Waals surface area contributed by atoms with E-state index in [2.05, 4.69) is 15.5 Å². The Bertz CT molecular complexity index is 829. The SMILES string of the molecule is CN(CC(=O)Nc1ccc(N2CCOCC2)cc1)C(=O)CNC(=O)c1ccoc1. The molecule has 2 heterocycles. The summed E-state index contributed by atoms with van der Waals surface area (Å²) in [5.41, 5.74) is 2.06. The van der Waals surface area contributed by atoms with Crippen molar-refractivity contribution >= 4 is 29.1 Å². The van der Waals surface area contributed by atoms with Gasteiger partial charge in [-0.1, -0.05) is 0 Å². The maximum absolute atomic E-state index is 12.2. The third-order valence-electron chi connectivity index (χ3n) is 4.52. The number of amides is 3. The first-order valence-electron chi connectivity index (χ1n) is 9.30. The molecule has 0 saturated carbocycles.